The van der Waals surface area contributed by atoms with Crippen LogP contribution in [-0.2, 0) is 6.42 Å². The second kappa shape index (κ2) is 2.96. The fourth-order valence-electron chi connectivity index (χ4n) is 1.36. The molecule has 2 N–H and O–H groups in total. The summed E-state index contributed by atoms with van der Waals surface area (Å²) in [4.78, 5) is 8.62. The molecule has 0 amide bonds. The summed E-state index contributed by atoms with van der Waals surface area (Å²) < 4.78 is 0. The molecule has 2 heterocycles. The summed E-state index contributed by atoms with van der Waals surface area (Å²) in [6.45, 7) is 4.14. The number of nitrogens with one attached hydrogen (secondary N) is 1. The first-order valence-corrected chi connectivity index (χ1v) is 4.47. The van der Waals surface area contributed by atoms with Gasteiger partial charge in [-0.2, -0.15) is 0 Å². The molecule has 70 valence electrons. The molecule has 0 spiro atoms. The Hall–Kier alpha value is -1.16. The minimum absolute atomic E-state index is 0.373. The van der Waals surface area contributed by atoms with Gasteiger partial charge in [-0.1, -0.05) is 13.8 Å². The predicted molar refractivity (Wildman–Crippen MR) is 49.5 cm³/mol. The van der Waals surface area contributed by atoms with Crippen molar-refractivity contribution in [2.45, 2.75) is 32.4 Å². The molecule has 0 radical (unpaired) electrons. The highest BCUT2D eigenvalue weighted by molar-refractivity contribution is 5.46. The Morgan fingerprint density at radius 1 is 1.62 bits per heavy atom. The Morgan fingerprint density at radius 3 is 3.08 bits per heavy atom. The first-order chi connectivity index (χ1) is 6.16. The molecule has 1 unspecified atom stereocenters. The summed E-state index contributed by atoms with van der Waals surface area (Å²) in [5.41, 5.74) is 1.82. The zero-order valence-electron chi connectivity index (χ0n) is 7.78. The molecular weight excluding hydrogens is 166 g/mol. The van der Waals surface area contributed by atoms with Crippen LogP contribution in [0.5, 0.6) is 0 Å². The molecule has 13 heavy (non-hydrogen) atoms. The molecule has 0 fully saturated rings. The van der Waals surface area contributed by atoms with Gasteiger partial charge < -0.3 is 10.4 Å². The first kappa shape index (κ1) is 8.44. The lowest BCUT2D eigenvalue weighted by atomic mass is 10.1. The largest absolute Gasteiger partial charge is 0.373 e. The SMILES string of the molecule is CC(C)c1cnc2c(n1)NC(O)C2. The van der Waals surface area contributed by atoms with Crippen LogP contribution >= 0.6 is 0 Å². The summed E-state index contributed by atoms with van der Waals surface area (Å²) in [7, 11) is 0. The van der Waals surface area contributed by atoms with Gasteiger partial charge in [0.1, 0.15) is 12.0 Å². The van der Waals surface area contributed by atoms with E-state index in [9.17, 15) is 5.11 Å². The maximum atomic E-state index is 9.29. The van der Waals surface area contributed by atoms with E-state index < -0.39 is 6.23 Å². The van der Waals surface area contributed by atoms with Gasteiger partial charge in [0.05, 0.1) is 11.4 Å². The molecule has 1 aliphatic heterocycles. The summed E-state index contributed by atoms with van der Waals surface area (Å²) >= 11 is 0. The molecule has 0 bridgehead atoms. The standard InChI is InChI=1S/C9H13N3O/c1-5(2)7-4-10-6-3-8(13)12-9(6)11-7/h4-5,8,13H,3H2,1-2H3,(H,11,12). The minimum atomic E-state index is -0.516. The second-order valence-corrected chi connectivity index (χ2v) is 3.61. The van der Waals surface area contributed by atoms with Gasteiger partial charge in [0.2, 0.25) is 0 Å². The first-order valence-electron chi connectivity index (χ1n) is 4.47. The van der Waals surface area contributed by atoms with E-state index in [0.717, 1.165) is 17.2 Å². The molecule has 0 saturated carbocycles. The fraction of sp³-hybridized carbons (Fsp3) is 0.556. The van der Waals surface area contributed by atoms with Gasteiger partial charge in [0, 0.05) is 12.6 Å². The normalized spacial score (nSPS) is 20.2. The molecule has 4 heteroatoms. The summed E-state index contributed by atoms with van der Waals surface area (Å²) in [6.07, 6.45) is 1.82. The van der Waals surface area contributed by atoms with Crippen LogP contribution in [0.2, 0.25) is 0 Å². The average Bonchev–Trinajstić information content (AvgIpc) is 2.42. The minimum Gasteiger partial charge on any atom is -0.373 e. The van der Waals surface area contributed by atoms with Crippen molar-refractivity contribution in [3.05, 3.63) is 17.6 Å². The van der Waals surface area contributed by atoms with Crippen molar-refractivity contribution in [1.29, 1.82) is 0 Å². The van der Waals surface area contributed by atoms with Gasteiger partial charge in [-0.25, -0.2) is 4.98 Å². The molecule has 1 atom stereocenters. The van der Waals surface area contributed by atoms with E-state index in [1.54, 1.807) is 6.20 Å². The number of nitrogens with zero attached hydrogens (tertiary/aromatic N) is 2. The van der Waals surface area contributed by atoms with E-state index in [1.165, 1.54) is 0 Å². The van der Waals surface area contributed by atoms with Gasteiger partial charge in [0.25, 0.3) is 0 Å². The zero-order chi connectivity index (χ0) is 9.42. The highest BCUT2D eigenvalue weighted by atomic mass is 16.3. The van der Waals surface area contributed by atoms with E-state index in [2.05, 4.69) is 29.1 Å². The zero-order valence-corrected chi connectivity index (χ0v) is 7.78. The number of anilines is 1. The smallest absolute Gasteiger partial charge is 0.150 e. The van der Waals surface area contributed by atoms with E-state index in [-0.39, 0.29) is 0 Å². The number of fused-ring (bicyclic) bond motifs is 1. The Labute approximate surface area is 77.0 Å². The number of rotatable bonds is 1. The molecule has 4 nitrogen and oxygen atoms in total. The maximum absolute atomic E-state index is 9.29. The molecule has 1 aliphatic rings. The molecule has 0 saturated heterocycles. The summed E-state index contributed by atoms with van der Waals surface area (Å²) in [5.74, 6) is 1.11. The average molecular weight is 179 g/mol. The van der Waals surface area contributed by atoms with Crippen molar-refractivity contribution < 1.29 is 5.11 Å². The molecule has 1 aromatic rings. The number of aliphatic hydroxyl groups is 1. The van der Waals surface area contributed by atoms with Crippen LogP contribution in [0, 0.1) is 0 Å². The van der Waals surface area contributed by atoms with Crippen molar-refractivity contribution in [2.75, 3.05) is 5.32 Å². The molecule has 0 aliphatic carbocycles. The van der Waals surface area contributed by atoms with E-state index in [0.29, 0.717) is 12.3 Å². The second-order valence-electron chi connectivity index (χ2n) is 3.61. The van der Waals surface area contributed by atoms with Crippen LogP contribution in [-0.4, -0.2) is 21.3 Å². The molecule has 1 aromatic heterocycles. The third-order valence-corrected chi connectivity index (χ3v) is 2.15. The molecule has 2 rings (SSSR count). The van der Waals surface area contributed by atoms with Crippen LogP contribution in [0.15, 0.2) is 6.20 Å². The lowest BCUT2D eigenvalue weighted by Crippen LogP contribution is -2.13. The highest BCUT2D eigenvalue weighted by Crippen LogP contribution is 2.22. The van der Waals surface area contributed by atoms with Gasteiger partial charge in [-0.3, -0.25) is 4.98 Å². The summed E-state index contributed by atoms with van der Waals surface area (Å²) in [5, 5.41) is 12.2. The van der Waals surface area contributed by atoms with Crippen molar-refractivity contribution in [1.82, 2.24) is 9.97 Å². The van der Waals surface area contributed by atoms with Crippen LogP contribution in [0.4, 0.5) is 5.82 Å². The predicted octanol–water partition coefficient (Wildman–Crippen LogP) is 0.886. The third kappa shape index (κ3) is 1.49. The monoisotopic (exact) mass is 179 g/mol. The third-order valence-electron chi connectivity index (χ3n) is 2.15. The van der Waals surface area contributed by atoms with E-state index >= 15 is 0 Å². The Morgan fingerprint density at radius 2 is 2.38 bits per heavy atom. The Kier molecular flexibility index (Phi) is 1.92. The topological polar surface area (TPSA) is 58.0 Å². The summed E-state index contributed by atoms with van der Waals surface area (Å²) in [6, 6.07) is 0. The van der Waals surface area contributed by atoms with Crippen LogP contribution in [0.3, 0.4) is 0 Å². The van der Waals surface area contributed by atoms with Crippen molar-refractivity contribution in [3.8, 4) is 0 Å². The fourth-order valence-corrected chi connectivity index (χ4v) is 1.36. The molecular formula is C9H13N3O. The quantitative estimate of drug-likeness (QED) is 0.672. The number of aliphatic hydroxyl groups excluding tert-OH is 1. The number of hydrogen-bond donors (Lipinski definition) is 2. The van der Waals surface area contributed by atoms with Crippen molar-refractivity contribution in [2.24, 2.45) is 0 Å². The van der Waals surface area contributed by atoms with Gasteiger partial charge in [-0.15, -0.1) is 0 Å². The van der Waals surface area contributed by atoms with E-state index in [1.807, 2.05) is 0 Å². The Balaban J connectivity index is 2.35. The maximum Gasteiger partial charge on any atom is 0.150 e. The van der Waals surface area contributed by atoms with Crippen LogP contribution in [0.1, 0.15) is 31.2 Å². The van der Waals surface area contributed by atoms with Crippen LogP contribution in [0.25, 0.3) is 0 Å². The number of hydrogen-bond acceptors (Lipinski definition) is 4. The lowest BCUT2D eigenvalue weighted by Gasteiger charge is -2.05. The lowest BCUT2D eigenvalue weighted by molar-refractivity contribution is 0.211. The van der Waals surface area contributed by atoms with Gasteiger partial charge in [0.15, 0.2) is 0 Å². The van der Waals surface area contributed by atoms with Crippen molar-refractivity contribution >= 4 is 5.82 Å². The highest BCUT2D eigenvalue weighted by Gasteiger charge is 2.21. The number of aromatic nitrogens is 2. The van der Waals surface area contributed by atoms with Crippen molar-refractivity contribution in [3.63, 3.8) is 0 Å². The molecule has 0 aromatic carbocycles. The van der Waals surface area contributed by atoms with Gasteiger partial charge >= 0.3 is 0 Å². The Bertz CT molecular complexity index is 325. The van der Waals surface area contributed by atoms with Gasteiger partial charge in [-0.05, 0) is 5.92 Å². The van der Waals surface area contributed by atoms with Crippen LogP contribution < -0.4 is 5.32 Å². The van der Waals surface area contributed by atoms with E-state index in [4.69, 9.17) is 0 Å².